The van der Waals surface area contributed by atoms with E-state index in [0.29, 0.717) is 11.3 Å². The summed E-state index contributed by atoms with van der Waals surface area (Å²) in [6.07, 6.45) is 7.19. The third-order valence-electron chi connectivity index (χ3n) is 5.17. The van der Waals surface area contributed by atoms with E-state index >= 15 is 0 Å². The zero-order valence-electron chi connectivity index (χ0n) is 14.8. The van der Waals surface area contributed by atoms with Crippen LogP contribution in [0.1, 0.15) is 23.2 Å². The maximum Gasteiger partial charge on any atom is 0.256 e. The summed E-state index contributed by atoms with van der Waals surface area (Å²) in [6, 6.07) is 16.3. The Bertz CT molecular complexity index is 1090. The highest BCUT2D eigenvalue weighted by Gasteiger charge is 2.26. The molecule has 5 nitrogen and oxygen atoms in total. The molecule has 4 aromatic rings. The van der Waals surface area contributed by atoms with Crippen molar-refractivity contribution in [3.63, 3.8) is 0 Å². The fourth-order valence-corrected chi connectivity index (χ4v) is 3.82. The molecule has 0 bridgehead atoms. The van der Waals surface area contributed by atoms with Gasteiger partial charge in [0, 0.05) is 24.8 Å². The first-order valence-corrected chi connectivity index (χ1v) is 9.19. The van der Waals surface area contributed by atoms with Crippen LogP contribution in [0.2, 0.25) is 0 Å². The number of hydrogen-bond acceptors (Lipinski definition) is 3. The van der Waals surface area contributed by atoms with Crippen LogP contribution in [0.25, 0.3) is 28.0 Å². The summed E-state index contributed by atoms with van der Waals surface area (Å²) in [7, 11) is 0. The molecule has 3 aromatic heterocycles. The van der Waals surface area contributed by atoms with Crippen LogP contribution in [0, 0.1) is 0 Å². The topological polar surface area (TPSA) is 50.8 Å². The second kappa shape index (κ2) is 6.43. The maximum absolute atomic E-state index is 13.1. The first-order chi connectivity index (χ1) is 13.3. The number of fused-ring (bicyclic) bond motifs is 1. The predicted octanol–water partition coefficient (Wildman–Crippen LogP) is 4.50. The highest BCUT2D eigenvalue weighted by molar-refractivity contribution is 6.02. The molecule has 0 atom stereocenters. The van der Waals surface area contributed by atoms with Gasteiger partial charge in [0.05, 0.1) is 11.3 Å². The third-order valence-corrected chi connectivity index (χ3v) is 5.17. The van der Waals surface area contributed by atoms with Crippen molar-refractivity contribution in [3.05, 3.63) is 72.9 Å². The fourth-order valence-electron chi connectivity index (χ4n) is 3.82. The summed E-state index contributed by atoms with van der Waals surface area (Å²) < 4.78 is 7.26. The number of likely N-dealkylation sites (tertiary alicyclic amines) is 1. The van der Waals surface area contributed by atoms with E-state index in [4.69, 9.17) is 4.42 Å². The second-order valence-electron chi connectivity index (χ2n) is 6.86. The number of carbonyl (C=O) groups is 1. The molecule has 0 aliphatic carbocycles. The zero-order chi connectivity index (χ0) is 18.2. The Morgan fingerprint density at radius 2 is 1.81 bits per heavy atom. The van der Waals surface area contributed by atoms with E-state index in [2.05, 4.69) is 29.4 Å². The molecule has 0 unspecified atom stereocenters. The Morgan fingerprint density at radius 3 is 2.56 bits per heavy atom. The standard InChI is InChI=1S/C22H19N3O2/c26-22(24-10-4-5-11-24)19-12-18-9-8-17(16-6-2-1-3-7-16)13-25(18)21(19)20-14-27-15-23-20/h1-3,6-9,12-15H,4-5,10-11H2. The molecule has 0 spiro atoms. The molecule has 134 valence electrons. The van der Waals surface area contributed by atoms with Gasteiger partial charge < -0.3 is 13.7 Å². The van der Waals surface area contributed by atoms with Crippen molar-refractivity contribution in [1.29, 1.82) is 0 Å². The maximum atomic E-state index is 13.1. The number of nitrogens with zero attached hydrogens (tertiary/aromatic N) is 3. The SMILES string of the molecule is O=C(c1cc2ccc(-c3ccccc3)cn2c1-c1cocn1)N1CCCC1. The van der Waals surface area contributed by atoms with Gasteiger partial charge in [-0.2, -0.15) is 0 Å². The van der Waals surface area contributed by atoms with E-state index < -0.39 is 0 Å². The van der Waals surface area contributed by atoms with Gasteiger partial charge in [-0.1, -0.05) is 36.4 Å². The number of rotatable bonds is 3. The van der Waals surface area contributed by atoms with Gasteiger partial charge in [0.25, 0.3) is 5.91 Å². The van der Waals surface area contributed by atoms with Crippen LogP contribution in [-0.2, 0) is 0 Å². The Labute approximate surface area is 156 Å². The number of amides is 1. The lowest BCUT2D eigenvalue weighted by Gasteiger charge is -2.15. The van der Waals surface area contributed by atoms with Gasteiger partial charge in [-0.25, -0.2) is 4.98 Å². The minimum absolute atomic E-state index is 0.0652. The predicted molar refractivity (Wildman–Crippen MR) is 103 cm³/mol. The van der Waals surface area contributed by atoms with E-state index in [1.165, 1.54) is 6.39 Å². The molecule has 5 rings (SSSR count). The highest BCUT2D eigenvalue weighted by Crippen LogP contribution is 2.31. The summed E-state index contributed by atoms with van der Waals surface area (Å²) in [4.78, 5) is 19.4. The summed E-state index contributed by atoms with van der Waals surface area (Å²) in [5.74, 6) is 0.0652. The Hall–Kier alpha value is -3.34. The van der Waals surface area contributed by atoms with Gasteiger partial charge in [0.1, 0.15) is 12.0 Å². The molecular weight excluding hydrogens is 338 g/mol. The molecule has 0 N–H and O–H groups in total. The molecule has 1 aliphatic rings. The molecule has 27 heavy (non-hydrogen) atoms. The van der Waals surface area contributed by atoms with E-state index in [1.54, 1.807) is 6.26 Å². The summed E-state index contributed by atoms with van der Waals surface area (Å²) in [6.45, 7) is 1.64. The van der Waals surface area contributed by atoms with Crippen molar-refractivity contribution >= 4 is 11.4 Å². The first kappa shape index (κ1) is 15.9. The van der Waals surface area contributed by atoms with Crippen LogP contribution in [0.3, 0.4) is 0 Å². The van der Waals surface area contributed by atoms with Crippen LogP contribution in [-0.4, -0.2) is 33.3 Å². The zero-order valence-corrected chi connectivity index (χ0v) is 14.8. The van der Waals surface area contributed by atoms with Crippen LogP contribution < -0.4 is 0 Å². The lowest BCUT2D eigenvalue weighted by molar-refractivity contribution is 0.0793. The van der Waals surface area contributed by atoms with Gasteiger partial charge in [-0.3, -0.25) is 4.79 Å². The second-order valence-corrected chi connectivity index (χ2v) is 6.86. The van der Waals surface area contributed by atoms with E-state index in [1.807, 2.05) is 39.6 Å². The summed E-state index contributed by atoms with van der Waals surface area (Å²) in [5, 5.41) is 0. The van der Waals surface area contributed by atoms with Gasteiger partial charge >= 0.3 is 0 Å². The minimum atomic E-state index is 0.0652. The lowest BCUT2D eigenvalue weighted by atomic mass is 10.1. The normalized spacial score (nSPS) is 14.1. The number of benzene rings is 1. The Balaban J connectivity index is 1.71. The molecule has 1 fully saturated rings. The summed E-state index contributed by atoms with van der Waals surface area (Å²) >= 11 is 0. The number of pyridine rings is 1. The molecule has 0 radical (unpaired) electrons. The van der Waals surface area contributed by atoms with Crippen LogP contribution in [0.15, 0.2) is 71.8 Å². The number of hydrogen-bond donors (Lipinski definition) is 0. The van der Waals surface area contributed by atoms with E-state index in [9.17, 15) is 4.79 Å². The van der Waals surface area contributed by atoms with Crippen LogP contribution in [0.4, 0.5) is 0 Å². The molecule has 0 saturated carbocycles. The molecule has 1 aromatic carbocycles. The van der Waals surface area contributed by atoms with E-state index in [0.717, 1.165) is 48.3 Å². The molecular formula is C22H19N3O2. The first-order valence-electron chi connectivity index (χ1n) is 9.19. The number of carbonyl (C=O) groups excluding carboxylic acids is 1. The molecule has 5 heteroatoms. The largest absolute Gasteiger partial charge is 0.451 e. The van der Waals surface area contributed by atoms with Crippen molar-refractivity contribution in [1.82, 2.24) is 14.3 Å². The minimum Gasteiger partial charge on any atom is -0.451 e. The van der Waals surface area contributed by atoms with Crippen molar-refractivity contribution in [2.24, 2.45) is 0 Å². The average Bonchev–Trinajstić information content (AvgIpc) is 3.47. The monoisotopic (exact) mass is 357 g/mol. The molecule has 4 heterocycles. The van der Waals surface area contributed by atoms with Gasteiger partial charge in [-0.15, -0.1) is 0 Å². The van der Waals surface area contributed by atoms with Crippen LogP contribution >= 0.6 is 0 Å². The molecule has 1 aliphatic heterocycles. The average molecular weight is 357 g/mol. The quantitative estimate of drug-likeness (QED) is 0.542. The summed E-state index contributed by atoms with van der Waals surface area (Å²) in [5.41, 5.74) is 5.32. The van der Waals surface area contributed by atoms with Gasteiger partial charge in [-0.05, 0) is 36.1 Å². The van der Waals surface area contributed by atoms with Crippen LogP contribution in [0.5, 0.6) is 0 Å². The van der Waals surface area contributed by atoms with Crippen molar-refractivity contribution in [2.75, 3.05) is 13.1 Å². The van der Waals surface area contributed by atoms with Crippen molar-refractivity contribution < 1.29 is 9.21 Å². The smallest absolute Gasteiger partial charge is 0.256 e. The van der Waals surface area contributed by atoms with E-state index in [-0.39, 0.29) is 5.91 Å². The fraction of sp³-hybridized carbons (Fsp3) is 0.182. The number of aromatic nitrogens is 2. The van der Waals surface area contributed by atoms with Crippen molar-refractivity contribution in [2.45, 2.75) is 12.8 Å². The third kappa shape index (κ3) is 2.72. The van der Waals surface area contributed by atoms with Gasteiger partial charge in [0.2, 0.25) is 0 Å². The Morgan fingerprint density at radius 1 is 1.00 bits per heavy atom. The number of oxazole rings is 1. The van der Waals surface area contributed by atoms with Gasteiger partial charge in [0.15, 0.2) is 6.39 Å². The lowest BCUT2D eigenvalue weighted by Crippen LogP contribution is -2.27. The van der Waals surface area contributed by atoms with Crippen molar-refractivity contribution in [3.8, 4) is 22.5 Å². The highest BCUT2D eigenvalue weighted by atomic mass is 16.3. The molecule has 1 amide bonds. The Kier molecular flexibility index (Phi) is 3.78. The molecule has 1 saturated heterocycles.